The fourth-order valence-electron chi connectivity index (χ4n) is 1.18. The normalized spacial score (nSPS) is 15.3. The summed E-state index contributed by atoms with van der Waals surface area (Å²) in [6, 6.07) is 0.558. The SMILES string of the molecule is C/C(=N/OC(C)(C)C)C(C)C.CC(NC(C)(C)C)C(C)(C)C. The van der Waals surface area contributed by atoms with E-state index >= 15 is 0 Å². The van der Waals surface area contributed by atoms with Crippen molar-refractivity contribution in [3.8, 4) is 0 Å². The molecule has 0 amide bonds. The number of hydrogen-bond acceptors (Lipinski definition) is 3. The highest BCUT2D eigenvalue weighted by Crippen LogP contribution is 2.20. The summed E-state index contributed by atoms with van der Waals surface area (Å²) in [5, 5.41) is 7.57. The van der Waals surface area contributed by atoms with Crippen molar-refractivity contribution in [2.24, 2.45) is 16.5 Å². The van der Waals surface area contributed by atoms with Crippen molar-refractivity contribution in [1.29, 1.82) is 0 Å². The third-order valence-electron chi connectivity index (χ3n) is 3.25. The van der Waals surface area contributed by atoms with E-state index in [1.165, 1.54) is 0 Å². The third kappa shape index (κ3) is 15.8. The molecule has 3 heteroatoms. The first-order chi connectivity index (χ1) is 9.46. The van der Waals surface area contributed by atoms with Crippen LogP contribution in [0.3, 0.4) is 0 Å². The highest BCUT2D eigenvalue weighted by molar-refractivity contribution is 5.83. The summed E-state index contributed by atoms with van der Waals surface area (Å²) in [6.45, 7) is 27.8. The second kappa shape index (κ2) is 8.90. The van der Waals surface area contributed by atoms with Crippen LogP contribution in [0.25, 0.3) is 0 Å². The number of nitrogens with zero attached hydrogens (tertiary/aromatic N) is 1. The topological polar surface area (TPSA) is 33.6 Å². The van der Waals surface area contributed by atoms with Gasteiger partial charge < -0.3 is 10.2 Å². The average Bonchev–Trinajstić information content (AvgIpc) is 2.21. The van der Waals surface area contributed by atoms with Gasteiger partial charge in [-0.1, -0.05) is 39.8 Å². The van der Waals surface area contributed by atoms with Crippen LogP contribution in [0.4, 0.5) is 0 Å². The van der Waals surface area contributed by atoms with E-state index in [2.05, 4.69) is 72.8 Å². The second-order valence-electron chi connectivity index (χ2n) is 9.57. The molecule has 0 fully saturated rings. The van der Waals surface area contributed by atoms with Gasteiger partial charge in [0, 0.05) is 11.6 Å². The lowest BCUT2D eigenvalue weighted by Crippen LogP contribution is -2.47. The molecule has 0 aliphatic carbocycles. The maximum Gasteiger partial charge on any atom is 0.129 e. The van der Waals surface area contributed by atoms with Crippen LogP contribution >= 0.6 is 0 Å². The molecule has 3 nitrogen and oxygen atoms in total. The Bertz CT molecular complexity index is 325. The molecule has 0 heterocycles. The van der Waals surface area contributed by atoms with Crippen LogP contribution in [0.1, 0.15) is 90.0 Å². The number of hydrogen-bond donors (Lipinski definition) is 1. The van der Waals surface area contributed by atoms with Crippen LogP contribution in [-0.4, -0.2) is 22.9 Å². The molecule has 0 saturated heterocycles. The van der Waals surface area contributed by atoms with Crippen molar-refractivity contribution in [3.05, 3.63) is 0 Å². The Morgan fingerprint density at radius 1 is 0.864 bits per heavy atom. The van der Waals surface area contributed by atoms with Gasteiger partial charge in [0.1, 0.15) is 5.60 Å². The van der Waals surface area contributed by atoms with Gasteiger partial charge in [-0.3, -0.25) is 0 Å². The highest BCUT2D eigenvalue weighted by Gasteiger charge is 2.23. The summed E-state index contributed by atoms with van der Waals surface area (Å²) in [5.41, 5.74) is 1.45. The maximum atomic E-state index is 5.24. The van der Waals surface area contributed by atoms with Crippen LogP contribution in [0.15, 0.2) is 5.16 Å². The molecule has 0 aromatic rings. The Kier molecular flexibility index (Phi) is 9.59. The largest absolute Gasteiger partial charge is 0.390 e. The molecule has 0 radical (unpaired) electrons. The Balaban J connectivity index is 0. The number of rotatable bonds is 3. The van der Waals surface area contributed by atoms with Crippen LogP contribution in [0, 0.1) is 11.3 Å². The Morgan fingerprint density at radius 2 is 1.27 bits per heavy atom. The van der Waals surface area contributed by atoms with Crippen LogP contribution < -0.4 is 5.32 Å². The fourth-order valence-corrected chi connectivity index (χ4v) is 1.18. The zero-order chi connectivity index (χ0) is 18.4. The Hall–Kier alpha value is -0.570. The first-order valence-corrected chi connectivity index (χ1v) is 8.46. The van der Waals surface area contributed by atoms with Crippen molar-refractivity contribution >= 4 is 5.71 Å². The lowest BCUT2D eigenvalue weighted by molar-refractivity contribution is 0.0000988. The van der Waals surface area contributed by atoms with Crippen LogP contribution in [0.2, 0.25) is 0 Å². The molecule has 0 spiro atoms. The molecule has 22 heavy (non-hydrogen) atoms. The van der Waals surface area contributed by atoms with E-state index in [-0.39, 0.29) is 11.1 Å². The predicted molar refractivity (Wildman–Crippen MR) is 101 cm³/mol. The molecule has 0 aliphatic rings. The van der Waals surface area contributed by atoms with Crippen LogP contribution in [-0.2, 0) is 4.84 Å². The molecule has 0 saturated carbocycles. The van der Waals surface area contributed by atoms with Crippen molar-refractivity contribution in [3.63, 3.8) is 0 Å². The van der Waals surface area contributed by atoms with Crippen molar-refractivity contribution in [1.82, 2.24) is 5.32 Å². The van der Waals surface area contributed by atoms with Gasteiger partial charge in [-0.15, -0.1) is 0 Å². The molecule has 0 bridgehead atoms. The van der Waals surface area contributed by atoms with Crippen molar-refractivity contribution < 1.29 is 4.84 Å². The van der Waals surface area contributed by atoms with E-state index < -0.39 is 0 Å². The van der Waals surface area contributed by atoms with Gasteiger partial charge in [-0.05, 0) is 66.7 Å². The van der Waals surface area contributed by atoms with E-state index in [9.17, 15) is 0 Å². The lowest BCUT2D eigenvalue weighted by atomic mass is 9.86. The van der Waals surface area contributed by atoms with Gasteiger partial charge in [-0.25, -0.2) is 0 Å². The zero-order valence-electron chi connectivity index (χ0n) is 17.5. The highest BCUT2D eigenvalue weighted by atomic mass is 16.6. The molecule has 0 aliphatic heterocycles. The van der Waals surface area contributed by atoms with Gasteiger partial charge >= 0.3 is 0 Å². The summed E-state index contributed by atoms with van der Waals surface area (Å²) in [7, 11) is 0. The van der Waals surface area contributed by atoms with E-state index in [1.54, 1.807) is 0 Å². The molecule has 0 rings (SSSR count). The fraction of sp³-hybridized carbons (Fsp3) is 0.947. The summed E-state index contributed by atoms with van der Waals surface area (Å²) in [6.07, 6.45) is 0. The summed E-state index contributed by atoms with van der Waals surface area (Å²) >= 11 is 0. The summed E-state index contributed by atoms with van der Waals surface area (Å²) in [5.74, 6) is 0.470. The van der Waals surface area contributed by atoms with Gasteiger partial charge in [0.15, 0.2) is 0 Å². The minimum absolute atomic E-state index is 0.170. The number of nitrogens with one attached hydrogen (secondary N) is 1. The molecular formula is C19H42N2O. The monoisotopic (exact) mass is 314 g/mol. The first-order valence-electron chi connectivity index (χ1n) is 8.46. The lowest BCUT2D eigenvalue weighted by Gasteiger charge is -2.34. The quantitative estimate of drug-likeness (QED) is 0.540. The molecular weight excluding hydrogens is 272 g/mol. The van der Waals surface area contributed by atoms with Gasteiger partial charge in [-0.2, -0.15) is 0 Å². The van der Waals surface area contributed by atoms with E-state index in [0.29, 0.717) is 17.4 Å². The molecule has 0 aromatic carbocycles. The molecule has 1 unspecified atom stereocenters. The summed E-state index contributed by atoms with van der Waals surface area (Å²) < 4.78 is 0. The smallest absolute Gasteiger partial charge is 0.129 e. The predicted octanol–water partition coefficient (Wildman–Crippen LogP) is 5.64. The van der Waals surface area contributed by atoms with Crippen LogP contribution in [0.5, 0.6) is 0 Å². The molecule has 1 N–H and O–H groups in total. The second-order valence-corrected chi connectivity index (χ2v) is 9.57. The van der Waals surface area contributed by atoms with Gasteiger partial charge in [0.05, 0.1) is 5.71 Å². The van der Waals surface area contributed by atoms with Gasteiger partial charge in [0.2, 0.25) is 0 Å². The molecule has 1 atom stereocenters. The average molecular weight is 315 g/mol. The minimum atomic E-state index is -0.170. The minimum Gasteiger partial charge on any atom is -0.390 e. The first kappa shape index (κ1) is 23.7. The maximum absolute atomic E-state index is 5.24. The van der Waals surface area contributed by atoms with E-state index in [0.717, 1.165) is 5.71 Å². The third-order valence-corrected chi connectivity index (χ3v) is 3.25. The zero-order valence-corrected chi connectivity index (χ0v) is 17.5. The van der Waals surface area contributed by atoms with E-state index in [4.69, 9.17) is 4.84 Å². The number of oxime groups is 1. The van der Waals surface area contributed by atoms with Crippen molar-refractivity contribution in [2.75, 3.05) is 0 Å². The Morgan fingerprint density at radius 3 is 1.45 bits per heavy atom. The molecule has 134 valence electrons. The Labute approximate surface area is 140 Å². The summed E-state index contributed by atoms with van der Waals surface area (Å²) in [4.78, 5) is 5.24. The van der Waals surface area contributed by atoms with Crippen molar-refractivity contribution in [2.45, 2.75) is 107 Å². The van der Waals surface area contributed by atoms with E-state index in [1.807, 2.05) is 27.7 Å². The van der Waals surface area contributed by atoms with Gasteiger partial charge in [0.25, 0.3) is 0 Å². The standard InChI is InChI=1S/C10H23N.C9H19NO/c1-8(9(2,3)4)11-10(5,6)7;1-7(2)8(3)10-11-9(4,5)6/h8,11H,1-7H3;7H,1-6H3/b;10-8-. The molecule has 0 aromatic heterocycles.